The third-order valence-electron chi connectivity index (χ3n) is 5.17. The molecule has 0 amide bonds. The van der Waals surface area contributed by atoms with Crippen molar-refractivity contribution in [2.24, 2.45) is 0 Å². The Morgan fingerprint density at radius 3 is 2.58 bits per heavy atom. The Labute approximate surface area is 188 Å². The number of para-hydroxylation sites is 1. The Morgan fingerprint density at radius 2 is 1.74 bits per heavy atom. The molecule has 0 aliphatic heterocycles. The molecule has 0 bridgehead atoms. The molecule has 3 aromatic carbocycles. The average molecular weight is 435 g/mol. The highest BCUT2D eigenvalue weighted by atomic mass is 35.5. The summed E-state index contributed by atoms with van der Waals surface area (Å²) >= 11 is 6.56. The first-order valence-electron chi connectivity index (χ1n) is 10.6. The van der Waals surface area contributed by atoms with Crippen molar-refractivity contribution < 1.29 is 9.47 Å². The summed E-state index contributed by atoms with van der Waals surface area (Å²) in [5.74, 6) is 1.27. The van der Waals surface area contributed by atoms with Crippen molar-refractivity contribution >= 4 is 22.5 Å². The van der Waals surface area contributed by atoms with Crippen molar-refractivity contribution in [2.45, 2.75) is 26.5 Å². The average Bonchev–Trinajstić information content (AvgIpc) is 3.20. The molecule has 5 heteroatoms. The van der Waals surface area contributed by atoms with Crippen LogP contribution in [0, 0.1) is 0 Å². The van der Waals surface area contributed by atoms with Gasteiger partial charge in [-0.1, -0.05) is 60.1 Å². The molecule has 0 radical (unpaired) electrons. The fraction of sp³-hybridized carbons (Fsp3) is 0.231. The molecule has 4 rings (SSSR count). The molecule has 1 heterocycles. The van der Waals surface area contributed by atoms with Gasteiger partial charge in [-0.05, 0) is 54.8 Å². The number of hydrogen-bond acceptors (Lipinski definition) is 3. The minimum atomic E-state index is 0.447. The topological polar surface area (TPSA) is 46.3 Å². The summed E-state index contributed by atoms with van der Waals surface area (Å²) in [6, 6.07) is 22.4. The first kappa shape index (κ1) is 21.3. The maximum absolute atomic E-state index is 6.56. The lowest BCUT2D eigenvalue weighted by Crippen LogP contribution is -2.16. The van der Waals surface area contributed by atoms with E-state index in [4.69, 9.17) is 21.1 Å². The molecule has 160 valence electrons. The lowest BCUT2D eigenvalue weighted by molar-refractivity contribution is 0.269. The maximum atomic E-state index is 6.56. The largest absolute Gasteiger partial charge is 0.490 e. The highest BCUT2D eigenvalue weighted by Crippen LogP contribution is 2.37. The van der Waals surface area contributed by atoms with Gasteiger partial charge in [0.1, 0.15) is 6.61 Å². The van der Waals surface area contributed by atoms with Gasteiger partial charge in [0, 0.05) is 23.6 Å². The number of H-pyrrole nitrogens is 1. The van der Waals surface area contributed by atoms with Crippen LogP contribution in [0.1, 0.15) is 23.6 Å². The van der Waals surface area contributed by atoms with Gasteiger partial charge in [0.15, 0.2) is 11.5 Å². The maximum Gasteiger partial charge on any atom is 0.180 e. The molecule has 0 unspecified atom stereocenters. The standard InChI is InChI=1S/C26H27ClN2O2/c1-2-30-25-15-20(14-23(27)26(25)31-18-19-8-4-3-5-9-19)16-28-13-12-21-17-29-24-11-7-6-10-22(21)24/h3-11,14-15,17,28-29H,2,12-13,16,18H2,1H3. The minimum absolute atomic E-state index is 0.447. The zero-order chi connectivity index (χ0) is 21.5. The monoisotopic (exact) mass is 434 g/mol. The summed E-state index contributed by atoms with van der Waals surface area (Å²) in [5, 5.41) is 5.36. The van der Waals surface area contributed by atoms with Crippen LogP contribution in [0.5, 0.6) is 11.5 Å². The van der Waals surface area contributed by atoms with Gasteiger partial charge >= 0.3 is 0 Å². The van der Waals surface area contributed by atoms with Crippen molar-refractivity contribution in [1.29, 1.82) is 0 Å². The van der Waals surface area contributed by atoms with E-state index in [-0.39, 0.29) is 0 Å². The zero-order valence-electron chi connectivity index (χ0n) is 17.7. The second kappa shape index (κ2) is 10.4. The van der Waals surface area contributed by atoms with E-state index in [1.54, 1.807) is 0 Å². The van der Waals surface area contributed by atoms with Crippen molar-refractivity contribution in [2.75, 3.05) is 13.2 Å². The van der Waals surface area contributed by atoms with E-state index in [1.807, 2.05) is 55.5 Å². The number of benzene rings is 3. The van der Waals surface area contributed by atoms with Crippen molar-refractivity contribution in [3.63, 3.8) is 0 Å². The van der Waals surface area contributed by atoms with Gasteiger partial charge in [-0.2, -0.15) is 0 Å². The van der Waals surface area contributed by atoms with E-state index in [1.165, 1.54) is 16.5 Å². The first-order valence-corrected chi connectivity index (χ1v) is 11.0. The van der Waals surface area contributed by atoms with Crippen LogP contribution in [0.2, 0.25) is 5.02 Å². The van der Waals surface area contributed by atoms with E-state index in [9.17, 15) is 0 Å². The SMILES string of the molecule is CCOc1cc(CNCCc2c[nH]c3ccccc23)cc(Cl)c1OCc1ccccc1. The molecule has 4 nitrogen and oxygen atoms in total. The summed E-state index contributed by atoms with van der Waals surface area (Å²) < 4.78 is 11.8. The predicted octanol–water partition coefficient (Wildman–Crippen LogP) is 6.13. The van der Waals surface area contributed by atoms with Crippen LogP contribution in [-0.2, 0) is 19.6 Å². The molecule has 0 spiro atoms. The normalized spacial score (nSPS) is 11.0. The second-order valence-electron chi connectivity index (χ2n) is 7.40. The summed E-state index contributed by atoms with van der Waals surface area (Å²) in [6.45, 7) is 4.54. The molecule has 2 N–H and O–H groups in total. The number of fused-ring (bicyclic) bond motifs is 1. The molecule has 0 fully saturated rings. The molecule has 0 atom stereocenters. The molecule has 0 aliphatic carbocycles. The van der Waals surface area contributed by atoms with E-state index in [2.05, 4.69) is 34.7 Å². The van der Waals surface area contributed by atoms with Crippen LogP contribution in [0.15, 0.2) is 72.9 Å². The number of hydrogen-bond donors (Lipinski definition) is 2. The van der Waals surface area contributed by atoms with Crippen LogP contribution >= 0.6 is 11.6 Å². The molecule has 31 heavy (non-hydrogen) atoms. The number of nitrogens with one attached hydrogen (secondary N) is 2. The van der Waals surface area contributed by atoms with Crippen molar-refractivity contribution in [3.8, 4) is 11.5 Å². The quantitative estimate of drug-likeness (QED) is 0.295. The lowest BCUT2D eigenvalue weighted by Gasteiger charge is -2.16. The van der Waals surface area contributed by atoms with Gasteiger partial charge in [0.25, 0.3) is 0 Å². The van der Waals surface area contributed by atoms with Crippen molar-refractivity contribution in [1.82, 2.24) is 10.3 Å². The smallest absolute Gasteiger partial charge is 0.180 e. The lowest BCUT2D eigenvalue weighted by atomic mass is 10.1. The fourth-order valence-electron chi connectivity index (χ4n) is 3.65. The molecular weight excluding hydrogens is 408 g/mol. The van der Waals surface area contributed by atoms with Gasteiger partial charge in [-0.25, -0.2) is 0 Å². The van der Waals surface area contributed by atoms with Crippen LogP contribution in [0.3, 0.4) is 0 Å². The number of halogens is 1. The molecule has 0 saturated carbocycles. The first-order chi connectivity index (χ1) is 15.2. The zero-order valence-corrected chi connectivity index (χ0v) is 18.4. The summed E-state index contributed by atoms with van der Waals surface area (Å²) in [4.78, 5) is 3.33. The van der Waals surface area contributed by atoms with Gasteiger partial charge in [-0.3, -0.25) is 0 Å². The molecule has 1 aromatic heterocycles. The van der Waals surface area contributed by atoms with E-state index >= 15 is 0 Å². The number of aromatic amines is 1. The number of rotatable bonds is 10. The Bertz CT molecular complexity index is 1120. The number of aromatic nitrogens is 1. The summed E-state index contributed by atoms with van der Waals surface area (Å²) in [6.07, 6.45) is 3.05. The van der Waals surface area contributed by atoms with Crippen LogP contribution in [0.25, 0.3) is 10.9 Å². The van der Waals surface area contributed by atoms with Gasteiger partial charge in [-0.15, -0.1) is 0 Å². The Morgan fingerprint density at radius 1 is 0.935 bits per heavy atom. The number of ether oxygens (including phenoxy) is 2. The van der Waals surface area contributed by atoms with Crippen LogP contribution in [0.4, 0.5) is 0 Å². The van der Waals surface area contributed by atoms with Crippen molar-refractivity contribution in [3.05, 3.63) is 94.6 Å². The summed E-state index contributed by atoms with van der Waals surface area (Å²) in [7, 11) is 0. The fourth-order valence-corrected chi connectivity index (χ4v) is 3.94. The Hall–Kier alpha value is -2.95. The molecule has 0 aliphatic rings. The molecule has 4 aromatic rings. The second-order valence-corrected chi connectivity index (χ2v) is 7.81. The van der Waals surface area contributed by atoms with E-state index < -0.39 is 0 Å². The predicted molar refractivity (Wildman–Crippen MR) is 127 cm³/mol. The van der Waals surface area contributed by atoms with Gasteiger partial charge < -0.3 is 19.8 Å². The third-order valence-corrected chi connectivity index (χ3v) is 5.45. The third kappa shape index (κ3) is 5.40. The van der Waals surface area contributed by atoms with E-state index in [0.29, 0.717) is 36.3 Å². The summed E-state index contributed by atoms with van der Waals surface area (Å²) in [5.41, 5.74) is 4.65. The Balaban J connectivity index is 1.37. The van der Waals surface area contributed by atoms with E-state index in [0.717, 1.165) is 24.1 Å². The van der Waals surface area contributed by atoms with Gasteiger partial charge in [0.05, 0.1) is 11.6 Å². The van der Waals surface area contributed by atoms with Gasteiger partial charge in [0.2, 0.25) is 0 Å². The van der Waals surface area contributed by atoms with Crippen LogP contribution in [-0.4, -0.2) is 18.1 Å². The highest BCUT2D eigenvalue weighted by molar-refractivity contribution is 6.32. The highest BCUT2D eigenvalue weighted by Gasteiger charge is 2.13. The molecule has 0 saturated heterocycles. The van der Waals surface area contributed by atoms with Crippen LogP contribution < -0.4 is 14.8 Å². The Kier molecular flexibility index (Phi) is 7.13. The molecular formula is C26H27ClN2O2. The minimum Gasteiger partial charge on any atom is -0.490 e.